The zero-order valence-electron chi connectivity index (χ0n) is 82.6. The Hall–Kier alpha value is -6.95. The lowest BCUT2D eigenvalue weighted by Gasteiger charge is -2.18. The molecule has 0 fully saturated rings. The van der Waals surface area contributed by atoms with E-state index in [2.05, 4.69) is 351 Å². The Morgan fingerprint density at radius 2 is 0.402 bits per heavy atom. The van der Waals surface area contributed by atoms with Gasteiger partial charge in [-0.05, 0) is 161 Å². The summed E-state index contributed by atoms with van der Waals surface area (Å²) in [4.78, 5) is 34.6. The van der Waals surface area contributed by atoms with Crippen LogP contribution in [0.15, 0.2) is 123 Å². The standard InChI is InChI=1S/C12H18.2C11H17N.C10H18N2.4C10H16N2.8C2H6/c1-9(2)11-5-7-12(8-6-11)10(3)4;2*1-8(2)10-5-6-11(9(3)4)12-7-10;1-8(2)9-6-11-12(7-9)10(3,4)5;1-7(2)9-5-12-10(6-11-9)8(3)4;2*1-7(2)9-5-11-10(8(3)4)12-6-9;1-7(2)9-5-6-10(8(3)4)12-11-9;8*1-2/h5-10H,1-4H3;2*5-9H,1-4H3;6-8H,1-5H3;4*5-8H,1-4H3;8*1-2H3. The number of hydrogen-bond donors (Lipinski definition) is 0. The Bertz CT molecular complexity index is 2500. The van der Waals surface area contributed by atoms with Gasteiger partial charge in [-0.3, -0.25) is 24.6 Å². The predicted molar refractivity (Wildman–Crippen MR) is 502 cm³/mol. The highest BCUT2D eigenvalue weighted by Gasteiger charge is 2.15. The van der Waals surface area contributed by atoms with Crippen LogP contribution in [-0.4, -0.2) is 59.8 Å². The quantitative estimate of drug-likeness (QED) is 0.0966. The second kappa shape index (κ2) is 73.0. The van der Waals surface area contributed by atoms with Crippen LogP contribution in [0.1, 0.15) is 513 Å². The van der Waals surface area contributed by atoms with E-state index in [4.69, 9.17) is 0 Å². The molecule has 0 aliphatic rings. The molecule has 0 unspecified atom stereocenters. The number of hydrogen-bond acceptors (Lipinski definition) is 11. The summed E-state index contributed by atoms with van der Waals surface area (Å²) in [5, 5.41) is 12.6. The van der Waals surface area contributed by atoms with Gasteiger partial charge in [-0.25, -0.2) is 19.9 Å². The Kier molecular flexibility index (Phi) is 78.7. The summed E-state index contributed by atoms with van der Waals surface area (Å²) in [5.74, 6) is 9.72. The average Bonchev–Trinajstić information content (AvgIpc) is 1.69. The van der Waals surface area contributed by atoms with Crippen LogP contribution in [0.25, 0.3) is 0 Å². The molecular weight excluding hydrogens is 1370 g/mol. The van der Waals surface area contributed by atoms with Crippen molar-refractivity contribution in [2.45, 2.75) is 434 Å². The lowest BCUT2D eigenvalue weighted by atomic mass is 9.97. The van der Waals surface area contributed by atoms with Crippen molar-refractivity contribution in [3.8, 4) is 0 Å². The second-order valence-electron chi connectivity index (χ2n) is 30.9. The highest BCUT2D eigenvalue weighted by atomic mass is 15.3. The molecule has 0 radical (unpaired) electrons. The molecule has 0 saturated carbocycles. The van der Waals surface area contributed by atoms with E-state index < -0.39 is 0 Å². The molecule has 12 heteroatoms. The Morgan fingerprint density at radius 3 is 0.554 bits per heavy atom. The molecule has 0 bridgehead atoms. The second-order valence-corrected chi connectivity index (χ2v) is 30.9. The summed E-state index contributed by atoms with van der Waals surface area (Å²) < 4.78 is 2.02. The maximum atomic E-state index is 4.40. The van der Waals surface area contributed by atoms with Gasteiger partial charge in [-0.2, -0.15) is 15.3 Å². The third-order valence-corrected chi connectivity index (χ3v) is 15.9. The Labute approximate surface area is 696 Å². The van der Waals surface area contributed by atoms with Crippen LogP contribution in [0.4, 0.5) is 0 Å². The van der Waals surface area contributed by atoms with E-state index in [-0.39, 0.29) is 5.54 Å². The molecule has 12 nitrogen and oxygen atoms in total. The minimum absolute atomic E-state index is 0.104. The lowest BCUT2D eigenvalue weighted by Crippen LogP contribution is -2.21. The topological polar surface area (TPSA) is 147 Å². The fourth-order valence-corrected chi connectivity index (χ4v) is 8.27. The third-order valence-electron chi connectivity index (χ3n) is 15.9. The summed E-state index contributed by atoms with van der Waals surface area (Å²) in [7, 11) is 0. The van der Waals surface area contributed by atoms with Gasteiger partial charge in [-0.15, -0.1) is 0 Å². The molecule has 1 aromatic carbocycles. The number of benzene rings is 1. The molecular formula is C100H182N12. The van der Waals surface area contributed by atoms with Crippen LogP contribution in [0.5, 0.6) is 0 Å². The first-order valence-corrected chi connectivity index (χ1v) is 44.0. The van der Waals surface area contributed by atoms with Gasteiger partial charge in [0, 0.05) is 79.0 Å². The molecule has 8 aromatic rings. The summed E-state index contributed by atoms with van der Waals surface area (Å²) in [6, 6.07) is 21.7. The molecule has 0 atom stereocenters. The van der Waals surface area contributed by atoms with Crippen molar-refractivity contribution in [3.05, 3.63) is 207 Å². The first-order valence-electron chi connectivity index (χ1n) is 44.0. The smallest absolute Gasteiger partial charge is 0.130 e. The highest BCUT2D eigenvalue weighted by molar-refractivity contribution is 5.27. The van der Waals surface area contributed by atoms with Gasteiger partial charge in [0.05, 0.1) is 34.5 Å². The Balaban J connectivity index is -0.000000179. The minimum Gasteiger partial charge on any atom is -0.267 e. The van der Waals surface area contributed by atoms with Crippen LogP contribution >= 0.6 is 0 Å². The fourth-order valence-electron chi connectivity index (χ4n) is 8.27. The van der Waals surface area contributed by atoms with Crippen molar-refractivity contribution in [1.82, 2.24) is 59.8 Å². The van der Waals surface area contributed by atoms with Crippen molar-refractivity contribution in [3.63, 3.8) is 0 Å². The number of pyridine rings is 2. The van der Waals surface area contributed by atoms with E-state index in [1.54, 1.807) is 0 Å². The van der Waals surface area contributed by atoms with Gasteiger partial charge in [0.25, 0.3) is 0 Å². The average molecular weight is 1550 g/mol. The summed E-state index contributed by atoms with van der Waals surface area (Å²) in [6.45, 7) is 103. The first-order chi connectivity index (χ1) is 52.7. The SMILES string of the molecule is CC.CC.CC.CC.CC.CC.CC.CC.CC(C)c1ccc(C(C)C)cc1.CC(C)c1ccc(C(C)C)nc1.CC(C)c1ccc(C(C)C)nc1.CC(C)c1ccc(C(C)C)nn1.CC(C)c1cnc(C(C)C)cn1.CC(C)c1cnc(C(C)C)nc1.CC(C)c1cnc(C(C)C)nc1.CC(C)c1cnn(C(C)(C)C)c1. The molecule has 0 amide bonds. The molecule has 0 spiro atoms. The minimum atomic E-state index is 0.104. The zero-order valence-corrected chi connectivity index (χ0v) is 82.6. The highest BCUT2D eigenvalue weighted by Crippen LogP contribution is 2.23. The predicted octanol–water partition coefficient (Wildman–Crippen LogP) is 32.5. The fraction of sp³-hybridized carbons (Fsp3) is 0.650. The van der Waals surface area contributed by atoms with E-state index in [1.807, 2.05) is 171 Å². The van der Waals surface area contributed by atoms with Crippen molar-refractivity contribution in [2.24, 2.45) is 0 Å². The molecule has 0 aliphatic carbocycles. The van der Waals surface area contributed by atoms with E-state index in [1.165, 1.54) is 50.3 Å². The van der Waals surface area contributed by atoms with E-state index in [0.717, 1.165) is 34.4 Å². The molecule has 112 heavy (non-hydrogen) atoms. The summed E-state index contributed by atoms with van der Waals surface area (Å²) >= 11 is 0. The van der Waals surface area contributed by atoms with Crippen LogP contribution in [0.3, 0.4) is 0 Å². The molecule has 642 valence electrons. The zero-order chi connectivity index (χ0) is 89.3. The third kappa shape index (κ3) is 56.3. The number of rotatable bonds is 15. The van der Waals surface area contributed by atoms with Crippen LogP contribution in [0.2, 0.25) is 0 Å². The monoisotopic (exact) mass is 1550 g/mol. The van der Waals surface area contributed by atoms with Gasteiger partial charge in [0.1, 0.15) is 11.6 Å². The van der Waals surface area contributed by atoms with Crippen LogP contribution in [0, 0.1) is 0 Å². The molecule has 0 aliphatic heterocycles. The van der Waals surface area contributed by atoms with Gasteiger partial charge in [0.2, 0.25) is 0 Å². The molecule has 7 aromatic heterocycles. The van der Waals surface area contributed by atoms with Gasteiger partial charge < -0.3 is 0 Å². The van der Waals surface area contributed by atoms with E-state index >= 15 is 0 Å². The van der Waals surface area contributed by atoms with Crippen LogP contribution in [-0.2, 0) is 5.54 Å². The van der Waals surface area contributed by atoms with E-state index in [9.17, 15) is 0 Å². The van der Waals surface area contributed by atoms with Crippen molar-refractivity contribution in [2.75, 3.05) is 0 Å². The van der Waals surface area contributed by atoms with Gasteiger partial charge in [-0.1, -0.05) is 355 Å². The number of aromatic nitrogens is 12. The van der Waals surface area contributed by atoms with Crippen molar-refractivity contribution in [1.29, 1.82) is 0 Å². The Morgan fingerprint density at radius 1 is 0.196 bits per heavy atom. The van der Waals surface area contributed by atoms with Gasteiger partial charge >= 0.3 is 0 Å². The van der Waals surface area contributed by atoms with Crippen LogP contribution < -0.4 is 0 Å². The van der Waals surface area contributed by atoms with Crippen molar-refractivity contribution >= 4 is 0 Å². The first kappa shape index (κ1) is 121. The number of nitrogens with zero attached hydrogens (tertiary/aromatic N) is 12. The maximum Gasteiger partial charge on any atom is 0.130 e. The maximum absolute atomic E-state index is 4.40. The van der Waals surface area contributed by atoms with E-state index in [0.29, 0.717) is 88.8 Å². The normalized spacial score (nSPS) is 10.1. The molecule has 7 heterocycles. The molecule has 0 saturated heterocycles. The summed E-state index contributed by atoms with van der Waals surface area (Å²) in [5.41, 5.74) is 16.0. The summed E-state index contributed by atoms with van der Waals surface area (Å²) in [6.07, 6.45) is 19.5. The lowest BCUT2D eigenvalue weighted by molar-refractivity contribution is 0.355. The molecule has 8 rings (SSSR count). The largest absolute Gasteiger partial charge is 0.267 e. The molecule has 0 N–H and O–H groups in total. The van der Waals surface area contributed by atoms with Gasteiger partial charge in [0.15, 0.2) is 0 Å². The van der Waals surface area contributed by atoms with Crippen molar-refractivity contribution < 1.29 is 0 Å².